The van der Waals surface area contributed by atoms with Crippen LogP contribution in [0.4, 0.5) is 10.1 Å². The number of halogens is 1. The second-order valence-electron chi connectivity index (χ2n) is 6.14. The number of fused-ring (bicyclic) bond motifs is 1. The Labute approximate surface area is 166 Å². The Morgan fingerprint density at radius 2 is 1.93 bits per heavy atom. The van der Waals surface area contributed by atoms with Crippen LogP contribution in [0.1, 0.15) is 29.1 Å². The number of benzene rings is 2. The molecule has 0 aliphatic rings. The minimum Gasteiger partial charge on any atom is -0.492 e. The van der Waals surface area contributed by atoms with Gasteiger partial charge in [0.05, 0.1) is 12.3 Å². The fourth-order valence-corrected chi connectivity index (χ4v) is 3.91. The van der Waals surface area contributed by atoms with E-state index in [0.29, 0.717) is 33.7 Å². The predicted octanol–water partition coefficient (Wildman–Crippen LogP) is 4.93. The first kappa shape index (κ1) is 19.8. The summed E-state index contributed by atoms with van der Waals surface area (Å²) in [5.74, 6) is -0.986. The maximum absolute atomic E-state index is 14.0. The number of ether oxygens (including phenoxy) is 2. The van der Waals surface area contributed by atoms with Crippen molar-refractivity contribution in [2.24, 2.45) is 0 Å². The summed E-state index contributed by atoms with van der Waals surface area (Å²) in [5, 5.41) is 3.11. The summed E-state index contributed by atoms with van der Waals surface area (Å²) in [6, 6.07) is 11.7. The third-order valence-electron chi connectivity index (χ3n) is 4.19. The van der Waals surface area contributed by atoms with Crippen LogP contribution in [0.5, 0.6) is 5.75 Å². The summed E-state index contributed by atoms with van der Waals surface area (Å²) in [6.45, 7) is 5.46. The van der Waals surface area contributed by atoms with Gasteiger partial charge in [0, 0.05) is 10.1 Å². The number of thiophene rings is 1. The molecular formula is C21H20FNO4S. The summed E-state index contributed by atoms with van der Waals surface area (Å²) < 4.78 is 25.5. The van der Waals surface area contributed by atoms with Crippen molar-refractivity contribution in [2.75, 3.05) is 11.9 Å². The standard InChI is InChI=1S/C21H20FNO4S/c1-4-26-16-10-6-5-9-15(16)23-20(24)13(3)27-21(25)19-12(2)18-14(22)8-7-11-17(18)28-19/h5-11,13H,4H2,1-3H3,(H,23,24)/t13-/m1/s1. The van der Waals surface area contributed by atoms with E-state index in [-0.39, 0.29) is 10.7 Å². The highest BCUT2D eigenvalue weighted by molar-refractivity contribution is 7.21. The topological polar surface area (TPSA) is 64.6 Å². The highest BCUT2D eigenvalue weighted by atomic mass is 32.1. The quantitative estimate of drug-likeness (QED) is 0.595. The third kappa shape index (κ3) is 3.99. The number of carbonyl (C=O) groups is 2. The lowest BCUT2D eigenvalue weighted by molar-refractivity contribution is -0.123. The Hall–Kier alpha value is -2.93. The van der Waals surface area contributed by atoms with E-state index in [2.05, 4.69) is 5.32 Å². The zero-order chi connectivity index (χ0) is 20.3. The molecule has 0 bridgehead atoms. The number of aryl methyl sites for hydroxylation is 1. The molecule has 0 saturated heterocycles. The van der Waals surface area contributed by atoms with Gasteiger partial charge in [-0.1, -0.05) is 18.2 Å². The van der Waals surface area contributed by atoms with Crippen LogP contribution in [0, 0.1) is 12.7 Å². The smallest absolute Gasteiger partial charge is 0.349 e. The van der Waals surface area contributed by atoms with Crippen LogP contribution in [0.3, 0.4) is 0 Å². The molecule has 3 aromatic rings. The first-order chi connectivity index (χ1) is 13.4. The summed E-state index contributed by atoms with van der Waals surface area (Å²) in [4.78, 5) is 25.3. The van der Waals surface area contributed by atoms with E-state index < -0.39 is 18.0 Å². The van der Waals surface area contributed by atoms with Gasteiger partial charge in [-0.25, -0.2) is 9.18 Å². The summed E-state index contributed by atoms with van der Waals surface area (Å²) >= 11 is 1.15. The summed E-state index contributed by atoms with van der Waals surface area (Å²) in [6.07, 6.45) is -1.03. The lowest BCUT2D eigenvalue weighted by Crippen LogP contribution is -2.30. The van der Waals surface area contributed by atoms with E-state index >= 15 is 0 Å². The molecule has 3 rings (SSSR count). The van der Waals surface area contributed by atoms with E-state index in [0.717, 1.165) is 11.3 Å². The Bertz CT molecular complexity index is 1030. The number of para-hydroxylation sites is 2. The minimum absolute atomic E-state index is 0.287. The molecule has 5 nitrogen and oxygen atoms in total. The number of anilines is 1. The van der Waals surface area contributed by atoms with E-state index in [1.165, 1.54) is 13.0 Å². The van der Waals surface area contributed by atoms with Crippen molar-refractivity contribution in [1.82, 2.24) is 0 Å². The van der Waals surface area contributed by atoms with Crippen molar-refractivity contribution in [1.29, 1.82) is 0 Å². The molecule has 2 aromatic carbocycles. The summed E-state index contributed by atoms with van der Waals surface area (Å²) in [5.41, 5.74) is 1.01. The number of esters is 1. The van der Waals surface area contributed by atoms with Gasteiger partial charge < -0.3 is 14.8 Å². The molecule has 1 atom stereocenters. The van der Waals surface area contributed by atoms with E-state index in [1.54, 1.807) is 43.3 Å². The first-order valence-electron chi connectivity index (χ1n) is 8.83. The van der Waals surface area contributed by atoms with Crippen LogP contribution in [0.15, 0.2) is 42.5 Å². The van der Waals surface area contributed by atoms with Crippen LogP contribution >= 0.6 is 11.3 Å². The largest absolute Gasteiger partial charge is 0.492 e. The monoisotopic (exact) mass is 401 g/mol. The van der Waals surface area contributed by atoms with Crippen molar-refractivity contribution in [3.8, 4) is 5.75 Å². The molecule has 0 aliphatic heterocycles. The van der Waals surface area contributed by atoms with Gasteiger partial charge in [-0.05, 0) is 50.6 Å². The Morgan fingerprint density at radius 3 is 2.64 bits per heavy atom. The first-order valence-corrected chi connectivity index (χ1v) is 9.65. The molecule has 0 spiro atoms. The highest BCUT2D eigenvalue weighted by Gasteiger charge is 2.24. The maximum Gasteiger partial charge on any atom is 0.349 e. The zero-order valence-corrected chi connectivity index (χ0v) is 16.6. The van der Waals surface area contributed by atoms with Crippen LogP contribution in [-0.2, 0) is 9.53 Å². The van der Waals surface area contributed by atoms with Crippen molar-refractivity contribution < 1.29 is 23.5 Å². The van der Waals surface area contributed by atoms with Crippen LogP contribution < -0.4 is 10.1 Å². The van der Waals surface area contributed by atoms with Crippen molar-refractivity contribution in [3.05, 3.63) is 58.7 Å². The fourth-order valence-electron chi connectivity index (χ4n) is 2.80. The lowest BCUT2D eigenvalue weighted by atomic mass is 10.1. The van der Waals surface area contributed by atoms with Crippen LogP contribution in [-0.4, -0.2) is 24.6 Å². The summed E-state index contributed by atoms with van der Waals surface area (Å²) in [7, 11) is 0. The molecule has 1 heterocycles. The number of hydrogen-bond donors (Lipinski definition) is 1. The highest BCUT2D eigenvalue weighted by Crippen LogP contribution is 2.33. The van der Waals surface area contributed by atoms with Crippen molar-refractivity contribution in [3.63, 3.8) is 0 Å². The van der Waals surface area contributed by atoms with E-state index in [1.807, 2.05) is 6.92 Å². The maximum atomic E-state index is 14.0. The fraction of sp³-hybridized carbons (Fsp3) is 0.238. The van der Waals surface area contributed by atoms with E-state index in [9.17, 15) is 14.0 Å². The van der Waals surface area contributed by atoms with Crippen molar-refractivity contribution >= 4 is 39.0 Å². The average molecular weight is 401 g/mol. The van der Waals surface area contributed by atoms with Gasteiger partial charge in [-0.15, -0.1) is 11.3 Å². The third-order valence-corrected chi connectivity index (χ3v) is 5.42. The van der Waals surface area contributed by atoms with Gasteiger partial charge in [-0.3, -0.25) is 4.79 Å². The number of amides is 1. The molecule has 0 radical (unpaired) electrons. The molecule has 0 saturated carbocycles. The second kappa shape index (κ2) is 8.39. The van der Waals surface area contributed by atoms with Gasteiger partial charge in [0.2, 0.25) is 0 Å². The van der Waals surface area contributed by atoms with Gasteiger partial charge in [-0.2, -0.15) is 0 Å². The Balaban J connectivity index is 1.73. The SMILES string of the molecule is CCOc1ccccc1NC(=O)[C@@H](C)OC(=O)c1sc2cccc(F)c2c1C. The second-order valence-corrected chi connectivity index (χ2v) is 7.19. The zero-order valence-electron chi connectivity index (χ0n) is 15.7. The molecule has 0 aliphatic carbocycles. The van der Waals surface area contributed by atoms with Crippen LogP contribution in [0.2, 0.25) is 0 Å². The number of hydrogen-bond acceptors (Lipinski definition) is 5. The normalized spacial score (nSPS) is 11.9. The average Bonchev–Trinajstić information content (AvgIpc) is 3.01. The molecule has 1 N–H and O–H groups in total. The Morgan fingerprint density at radius 1 is 1.18 bits per heavy atom. The molecule has 28 heavy (non-hydrogen) atoms. The molecule has 1 amide bonds. The molecule has 0 unspecified atom stereocenters. The number of rotatable bonds is 6. The number of carbonyl (C=O) groups excluding carboxylic acids is 2. The lowest BCUT2D eigenvalue weighted by Gasteiger charge is -2.15. The molecule has 7 heteroatoms. The van der Waals surface area contributed by atoms with Gasteiger partial charge in [0.15, 0.2) is 6.10 Å². The van der Waals surface area contributed by atoms with E-state index in [4.69, 9.17) is 9.47 Å². The molecule has 146 valence electrons. The molecule has 1 aromatic heterocycles. The molecule has 0 fully saturated rings. The van der Waals surface area contributed by atoms with Gasteiger partial charge in [0.1, 0.15) is 16.4 Å². The number of nitrogens with one attached hydrogen (secondary N) is 1. The van der Waals surface area contributed by atoms with Crippen molar-refractivity contribution in [2.45, 2.75) is 26.9 Å². The molecular weight excluding hydrogens is 381 g/mol. The Kier molecular flexibility index (Phi) is 5.94. The predicted molar refractivity (Wildman–Crippen MR) is 108 cm³/mol. The van der Waals surface area contributed by atoms with Gasteiger partial charge >= 0.3 is 5.97 Å². The minimum atomic E-state index is -1.03. The van der Waals surface area contributed by atoms with Crippen LogP contribution in [0.25, 0.3) is 10.1 Å². The van der Waals surface area contributed by atoms with Gasteiger partial charge in [0.25, 0.3) is 5.91 Å².